The molecule has 0 spiro atoms. The van der Waals surface area contributed by atoms with E-state index in [1.165, 1.54) is 6.20 Å². The molecule has 4 nitrogen and oxygen atoms in total. The number of aromatic nitrogens is 3. The average molecular weight is 272 g/mol. The topological polar surface area (TPSA) is 47.8 Å². The third-order valence-corrected chi connectivity index (χ3v) is 2.55. The molecule has 7 heteroatoms. The predicted octanol–water partition coefficient (Wildman–Crippen LogP) is 2.26. The van der Waals surface area contributed by atoms with Gasteiger partial charge in [0.2, 0.25) is 5.28 Å². The van der Waals surface area contributed by atoms with E-state index < -0.39 is 17.2 Å². The first kappa shape index (κ1) is 12.6. The van der Waals surface area contributed by atoms with Crippen LogP contribution in [0.25, 0.3) is 11.3 Å². The molecule has 2 aromatic rings. The molecule has 0 amide bonds. The second-order valence-electron chi connectivity index (χ2n) is 3.50. The van der Waals surface area contributed by atoms with Crippen LogP contribution in [0.15, 0.2) is 23.3 Å². The number of hydrogen-bond donors (Lipinski definition) is 0. The summed E-state index contributed by atoms with van der Waals surface area (Å²) >= 11 is 5.56. The number of pyridine rings is 1. The highest BCUT2D eigenvalue weighted by atomic mass is 35.5. The third kappa shape index (κ3) is 2.24. The Balaban J connectivity index is 2.68. The van der Waals surface area contributed by atoms with Crippen LogP contribution in [-0.2, 0) is 6.54 Å². The van der Waals surface area contributed by atoms with Crippen LogP contribution in [0, 0.1) is 11.6 Å². The van der Waals surface area contributed by atoms with E-state index in [0.717, 1.165) is 16.8 Å². The zero-order valence-electron chi connectivity index (χ0n) is 9.32. The highest BCUT2D eigenvalue weighted by Gasteiger charge is 2.13. The van der Waals surface area contributed by atoms with Gasteiger partial charge in [-0.25, -0.2) is 18.7 Å². The smallest absolute Gasteiger partial charge is 0.286 e. The normalized spacial score (nSPS) is 10.7. The summed E-state index contributed by atoms with van der Waals surface area (Å²) in [5, 5.41) is -0.152. The summed E-state index contributed by atoms with van der Waals surface area (Å²) in [7, 11) is 0. The first-order valence-electron chi connectivity index (χ1n) is 5.11. The van der Waals surface area contributed by atoms with Crippen molar-refractivity contribution in [2.45, 2.75) is 13.5 Å². The summed E-state index contributed by atoms with van der Waals surface area (Å²) in [6, 6.07) is 0.927. The molecule has 2 heterocycles. The molecule has 0 saturated heterocycles. The average Bonchev–Trinajstić information content (AvgIpc) is 2.35. The van der Waals surface area contributed by atoms with Crippen LogP contribution in [-0.4, -0.2) is 14.5 Å². The summed E-state index contributed by atoms with van der Waals surface area (Å²) in [5.41, 5.74) is -0.770. The Morgan fingerprint density at radius 2 is 2.11 bits per heavy atom. The standard InChI is InChI=1S/C11H8ClF2N3O/c1-2-17-5-6(3-7(13)10(17)18)9-8(14)4-15-11(12)16-9/h3-5H,2H2,1H3. The van der Waals surface area contributed by atoms with E-state index >= 15 is 0 Å². The van der Waals surface area contributed by atoms with Crippen molar-refractivity contribution in [3.05, 3.63) is 45.7 Å². The second-order valence-corrected chi connectivity index (χ2v) is 3.84. The predicted molar refractivity (Wildman–Crippen MR) is 62.3 cm³/mol. The van der Waals surface area contributed by atoms with Gasteiger partial charge in [-0.2, -0.15) is 0 Å². The van der Waals surface area contributed by atoms with E-state index in [0.29, 0.717) is 0 Å². The Morgan fingerprint density at radius 3 is 2.78 bits per heavy atom. The van der Waals surface area contributed by atoms with Gasteiger partial charge >= 0.3 is 0 Å². The molecule has 0 atom stereocenters. The van der Waals surface area contributed by atoms with Crippen molar-refractivity contribution in [2.24, 2.45) is 0 Å². The fourth-order valence-corrected chi connectivity index (χ4v) is 1.64. The molecular weight excluding hydrogens is 264 g/mol. The number of hydrogen-bond acceptors (Lipinski definition) is 3. The molecule has 0 N–H and O–H groups in total. The highest BCUT2D eigenvalue weighted by molar-refractivity contribution is 6.28. The lowest BCUT2D eigenvalue weighted by atomic mass is 10.2. The first-order chi connectivity index (χ1) is 8.52. The van der Waals surface area contributed by atoms with Gasteiger partial charge in [0.1, 0.15) is 5.69 Å². The molecule has 0 aromatic carbocycles. The fraction of sp³-hybridized carbons (Fsp3) is 0.182. The number of nitrogens with zero attached hydrogens (tertiary/aromatic N) is 3. The van der Waals surface area contributed by atoms with E-state index in [2.05, 4.69) is 9.97 Å². The maximum atomic E-state index is 13.5. The Kier molecular flexibility index (Phi) is 3.38. The lowest BCUT2D eigenvalue weighted by molar-refractivity contribution is 0.575. The lowest BCUT2D eigenvalue weighted by Gasteiger charge is -2.07. The minimum absolute atomic E-state index is 0.135. The molecule has 0 unspecified atom stereocenters. The Hall–Kier alpha value is -1.82. The van der Waals surface area contributed by atoms with Gasteiger partial charge < -0.3 is 4.57 Å². The first-order valence-corrected chi connectivity index (χ1v) is 5.49. The van der Waals surface area contributed by atoms with Crippen molar-refractivity contribution in [3.8, 4) is 11.3 Å². The minimum atomic E-state index is -0.969. The van der Waals surface area contributed by atoms with Crippen LogP contribution < -0.4 is 5.56 Å². The minimum Gasteiger partial charge on any atom is -0.313 e. The van der Waals surface area contributed by atoms with E-state index in [1.807, 2.05) is 0 Å². The molecule has 0 saturated carbocycles. The lowest BCUT2D eigenvalue weighted by Crippen LogP contribution is -2.21. The zero-order chi connectivity index (χ0) is 13.3. The molecule has 0 bridgehead atoms. The molecule has 94 valence electrons. The van der Waals surface area contributed by atoms with Crippen LogP contribution in [0.4, 0.5) is 8.78 Å². The van der Waals surface area contributed by atoms with E-state index in [9.17, 15) is 13.6 Å². The van der Waals surface area contributed by atoms with Gasteiger partial charge in [0.15, 0.2) is 11.6 Å². The van der Waals surface area contributed by atoms with Gasteiger partial charge in [-0.1, -0.05) is 0 Å². The quantitative estimate of drug-likeness (QED) is 0.787. The van der Waals surface area contributed by atoms with Crippen LogP contribution in [0.5, 0.6) is 0 Å². The number of aryl methyl sites for hydroxylation is 1. The Labute approximate surface area is 106 Å². The van der Waals surface area contributed by atoms with Gasteiger partial charge in [0.25, 0.3) is 5.56 Å². The molecule has 2 rings (SSSR count). The van der Waals surface area contributed by atoms with Crippen molar-refractivity contribution in [3.63, 3.8) is 0 Å². The fourth-order valence-electron chi connectivity index (χ4n) is 1.51. The SMILES string of the molecule is CCn1cc(-c2nc(Cl)ncc2F)cc(F)c1=O. The summed E-state index contributed by atoms with van der Waals surface area (Å²) in [4.78, 5) is 18.5. The largest absolute Gasteiger partial charge is 0.313 e. The van der Waals surface area contributed by atoms with Crippen molar-refractivity contribution >= 4 is 11.6 Å². The molecule has 0 radical (unpaired) electrons. The van der Waals surface area contributed by atoms with E-state index in [-0.39, 0.29) is 23.1 Å². The van der Waals surface area contributed by atoms with Gasteiger partial charge in [0, 0.05) is 18.3 Å². The molecule has 18 heavy (non-hydrogen) atoms. The number of halogens is 3. The second kappa shape index (κ2) is 4.81. The maximum absolute atomic E-state index is 13.5. The van der Waals surface area contributed by atoms with E-state index in [4.69, 9.17) is 11.6 Å². The van der Waals surface area contributed by atoms with Crippen molar-refractivity contribution in [2.75, 3.05) is 0 Å². The maximum Gasteiger partial charge on any atom is 0.286 e. The van der Waals surface area contributed by atoms with Crippen LogP contribution in [0.2, 0.25) is 5.28 Å². The summed E-state index contributed by atoms with van der Waals surface area (Å²) in [6.07, 6.45) is 2.22. The third-order valence-electron chi connectivity index (χ3n) is 2.37. The van der Waals surface area contributed by atoms with Gasteiger partial charge in [-0.15, -0.1) is 0 Å². The Morgan fingerprint density at radius 1 is 1.39 bits per heavy atom. The van der Waals surface area contributed by atoms with Crippen LogP contribution >= 0.6 is 11.6 Å². The van der Waals surface area contributed by atoms with Gasteiger partial charge in [-0.3, -0.25) is 4.79 Å². The van der Waals surface area contributed by atoms with Crippen molar-refractivity contribution < 1.29 is 8.78 Å². The zero-order valence-corrected chi connectivity index (χ0v) is 10.1. The summed E-state index contributed by atoms with van der Waals surface area (Å²) < 4.78 is 28.1. The molecule has 2 aromatic heterocycles. The van der Waals surface area contributed by atoms with Crippen LogP contribution in [0.3, 0.4) is 0 Å². The van der Waals surface area contributed by atoms with Crippen molar-refractivity contribution in [1.29, 1.82) is 0 Å². The molecular formula is C11H8ClF2N3O. The molecule has 0 aliphatic heterocycles. The van der Waals surface area contributed by atoms with Crippen molar-refractivity contribution in [1.82, 2.24) is 14.5 Å². The number of rotatable bonds is 2. The molecule has 0 aliphatic carbocycles. The van der Waals surface area contributed by atoms with Gasteiger partial charge in [0.05, 0.1) is 6.20 Å². The van der Waals surface area contributed by atoms with E-state index in [1.54, 1.807) is 6.92 Å². The summed E-state index contributed by atoms with van der Waals surface area (Å²) in [6.45, 7) is 1.94. The monoisotopic (exact) mass is 271 g/mol. The Bertz CT molecular complexity index is 657. The molecule has 0 aliphatic rings. The molecule has 0 fully saturated rings. The highest BCUT2D eigenvalue weighted by Crippen LogP contribution is 2.20. The van der Waals surface area contributed by atoms with Crippen LogP contribution in [0.1, 0.15) is 6.92 Å². The summed E-state index contributed by atoms with van der Waals surface area (Å²) in [5.74, 6) is -1.71. The van der Waals surface area contributed by atoms with Gasteiger partial charge in [-0.05, 0) is 24.6 Å².